The minimum Gasteiger partial charge on any atom is -0.480 e. The number of rotatable bonds is 9. The normalized spacial score (nSPS) is 12.2. The molecule has 4 aromatic rings. The van der Waals surface area contributed by atoms with Gasteiger partial charge in [-0.05, 0) is 23.8 Å². The number of carbonyl (C=O) groups excluding carboxylic acids is 3. The Hall–Kier alpha value is -4.89. The number of nitrogens with two attached hydrogens (primary N) is 1. The molecule has 12 nitrogen and oxygen atoms in total. The van der Waals surface area contributed by atoms with Crippen LogP contribution in [0.3, 0.4) is 0 Å². The molecule has 39 heavy (non-hydrogen) atoms. The van der Waals surface area contributed by atoms with Crippen LogP contribution in [0.1, 0.15) is 26.4 Å². The Labute approximate surface area is 217 Å². The topological polar surface area (TPSA) is 202 Å². The Morgan fingerprint density at radius 3 is 2.33 bits per heavy atom. The van der Waals surface area contributed by atoms with Gasteiger partial charge in [-0.3, -0.25) is 29.0 Å². The van der Waals surface area contributed by atoms with Crippen molar-refractivity contribution in [3.63, 3.8) is 0 Å². The molecule has 1 unspecified atom stereocenters. The third kappa shape index (κ3) is 5.39. The minimum atomic E-state index is -4.05. The molecule has 0 aliphatic carbocycles. The number of halogens is 2. The molecule has 0 saturated heterocycles. The highest BCUT2D eigenvalue weighted by molar-refractivity contribution is 7.92. The Kier molecular flexibility index (Phi) is 7.04. The van der Waals surface area contributed by atoms with E-state index in [1.165, 1.54) is 36.5 Å². The number of benzene rings is 2. The van der Waals surface area contributed by atoms with Crippen molar-refractivity contribution in [2.75, 3.05) is 11.0 Å². The third-order valence-electron chi connectivity index (χ3n) is 5.51. The summed E-state index contributed by atoms with van der Waals surface area (Å²) in [5.74, 6) is -7.62. The molecule has 0 spiro atoms. The van der Waals surface area contributed by atoms with Crippen LogP contribution >= 0.6 is 0 Å². The average Bonchev–Trinajstić information content (AvgIpc) is 3.32. The highest BCUT2D eigenvalue weighted by Gasteiger charge is 2.29. The lowest BCUT2D eigenvalue weighted by atomic mass is 9.98. The number of nitrogens with one attached hydrogen (secondary N) is 2. The Bertz CT molecular complexity index is 1790. The predicted molar refractivity (Wildman–Crippen MR) is 133 cm³/mol. The number of carbonyl (C=O) groups is 4. The van der Waals surface area contributed by atoms with Crippen molar-refractivity contribution < 1.29 is 41.5 Å². The van der Waals surface area contributed by atoms with E-state index in [0.29, 0.717) is 17.4 Å². The summed E-state index contributed by atoms with van der Waals surface area (Å²) in [5.41, 5.74) is 4.23. The van der Waals surface area contributed by atoms with E-state index >= 15 is 0 Å². The zero-order chi connectivity index (χ0) is 28.6. The molecule has 0 radical (unpaired) electrons. The van der Waals surface area contributed by atoms with E-state index in [-0.39, 0.29) is 22.3 Å². The molecule has 4 rings (SSSR count). The van der Waals surface area contributed by atoms with Gasteiger partial charge in [0, 0.05) is 17.3 Å². The zero-order valence-electron chi connectivity index (χ0n) is 19.7. The molecular weight excluding hydrogens is 540 g/mol. The van der Waals surface area contributed by atoms with Crippen LogP contribution in [-0.4, -0.2) is 64.3 Å². The van der Waals surface area contributed by atoms with Crippen LogP contribution in [0.25, 0.3) is 22.2 Å². The van der Waals surface area contributed by atoms with Gasteiger partial charge in [0.05, 0.1) is 17.2 Å². The van der Waals surface area contributed by atoms with Crippen molar-refractivity contribution in [2.24, 2.45) is 5.73 Å². The van der Waals surface area contributed by atoms with Gasteiger partial charge >= 0.3 is 5.97 Å². The lowest BCUT2D eigenvalue weighted by Crippen LogP contribution is -2.42. The number of nitrogens with zero attached hydrogens (tertiary/aromatic N) is 2. The Morgan fingerprint density at radius 2 is 1.72 bits per heavy atom. The lowest BCUT2D eigenvalue weighted by Gasteiger charge is -2.10. The smallest absolute Gasteiger partial charge is 0.328 e. The summed E-state index contributed by atoms with van der Waals surface area (Å²) in [7, 11) is -4.05. The number of carboxylic acids is 1. The summed E-state index contributed by atoms with van der Waals surface area (Å²) >= 11 is 0. The molecular formula is C24H17F2N5O7S. The number of pyridine rings is 1. The molecule has 2 aromatic carbocycles. The van der Waals surface area contributed by atoms with Gasteiger partial charge in [0.1, 0.15) is 17.2 Å². The number of aromatic amines is 1. The number of H-pyrrole nitrogens is 1. The van der Waals surface area contributed by atoms with Crippen LogP contribution in [0, 0.1) is 11.6 Å². The summed E-state index contributed by atoms with van der Waals surface area (Å²) in [4.78, 5) is 52.3. The van der Waals surface area contributed by atoms with Gasteiger partial charge < -0.3 is 10.8 Å². The maximum Gasteiger partial charge on any atom is 0.328 e. The SMILES string of the molecule is CS(=O)(=O)Nc1c(F)ccc(C(=O)c2[nH]nc3ncc(-c4ccc(C(=O)C(=O)C(N)C(=O)O)cc4)cc23)c1F. The van der Waals surface area contributed by atoms with E-state index in [2.05, 4.69) is 15.2 Å². The van der Waals surface area contributed by atoms with Crippen LogP contribution in [0.2, 0.25) is 0 Å². The molecule has 1 atom stereocenters. The summed E-state index contributed by atoms with van der Waals surface area (Å²) < 4.78 is 53.7. The van der Waals surface area contributed by atoms with Gasteiger partial charge in [-0.25, -0.2) is 22.2 Å². The third-order valence-corrected chi connectivity index (χ3v) is 6.09. The summed E-state index contributed by atoms with van der Waals surface area (Å²) in [5, 5.41) is 15.3. The van der Waals surface area contributed by atoms with Crippen molar-refractivity contribution in [3.05, 3.63) is 77.1 Å². The zero-order valence-corrected chi connectivity index (χ0v) is 20.5. The first-order chi connectivity index (χ1) is 18.3. The van der Waals surface area contributed by atoms with Crippen molar-refractivity contribution in [2.45, 2.75) is 6.04 Å². The molecule has 0 bridgehead atoms. The predicted octanol–water partition coefficient (Wildman–Crippen LogP) is 1.67. The Morgan fingerprint density at radius 1 is 1.05 bits per heavy atom. The number of anilines is 1. The van der Waals surface area contributed by atoms with Crippen LogP contribution < -0.4 is 10.5 Å². The van der Waals surface area contributed by atoms with Gasteiger partial charge in [-0.15, -0.1) is 0 Å². The highest BCUT2D eigenvalue weighted by atomic mass is 32.2. The number of aromatic nitrogens is 3. The lowest BCUT2D eigenvalue weighted by molar-refractivity contribution is -0.141. The first-order valence-electron chi connectivity index (χ1n) is 10.8. The van der Waals surface area contributed by atoms with Crippen LogP contribution in [-0.2, 0) is 19.6 Å². The van der Waals surface area contributed by atoms with E-state index in [1.807, 2.05) is 0 Å². The quantitative estimate of drug-likeness (QED) is 0.133. The standard InChI is InChI=1S/C24H17F2N5O7S/c1-39(37,38)31-19-15(25)7-6-13(16(19)26)21(33)18-14-8-12(9-28-23(14)30-29-18)10-2-4-11(5-3-10)20(32)22(34)17(27)24(35)36/h2-9,17,31H,27H2,1H3,(H,35,36)(H,28,29,30). The van der Waals surface area contributed by atoms with Crippen molar-refractivity contribution >= 4 is 50.1 Å². The van der Waals surface area contributed by atoms with E-state index < -0.39 is 62.3 Å². The monoisotopic (exact) mass is 557 g/mol. The minimum absolute atomic E-state index is 0.0826. The average molecular weight is 557 g/mol. The van der Waals surface area contributed by atoms with Gasteiger partial charge in [-0.2, -0.15) is 5.10 Å². The highest BCUT2D eigenvalue weighted by Crippen LogP contribution is 2.28. The van der Waals surface area contributed by atoms with E-state index in [0.717, 1.165) is 12.1 Å². The van der Waals surface area contributed by atoms with Gasteiger partial charge in [0.15, 0.2) is 17.5 Å². The molecule has 0 fully saturated rings. The first kappa shape index (κ1) is 27.2. The maximum absolute atomic E-state index is 15.0. The van der Waals surface area contributed by atoms with Crippen LogP contribution in [0.5, 0.6) is 0 Å². The molecule has 15 heteroatoms. The number of Topliss-reactive ketones (excluding diaryl/α,β-unsaturated/α-hetero) is 2. The number of carboxylic acid groups (broad SMARTS) is 1. The van der Waals surface area contributed by atoms with Crippen molar-refractivity contribution in [3.8, 4) is 11.1 Å². The number of aliphatic carboxylic acids is 1. The van der Waals surface area contributed by atoms with Crippen LogP contribution in [0.15, 0.2) is 48.7 Å². The number of hydrogen-bond acceptors (Lipinski definition) is 9. The molecule has 0 saturated carbocycles. The van der Waals surface area contributed by atoms with Gasteiger partial charge in [-0.1, -0.05) is 24.3 Å². The summed E-state index contributed by atoms with van der Waals surface area (Å²) in [6.45, 7) is 0. The molecule has 0 amide bonds. The molecule has 2 heterocycles. The summed E-state index contributed by atoms with van der Waals surface area (Å²) in [6, 6.07) is 6.53. The van der Waals surface area contributed by atoms with E-state index in [4.69, 9.17) is 10.8 Å². The molecule has 0 aliphatic heterocycles. The molecule has 5 N–H and O–H groups in total. The van der Waals surface area contributed by atoms with Crippen molar-refractivity contribution in [1.82, 2.24) is 15.2 Å². The number of fused-ring (bicyclic) bond motifs is 1. The van der Waals surface area contributed by atoms with Crippen molar-refractivity contribution in [1.29, 1.82) is 0 Å². The number of ketones is 3. The second kappa shape index (κ2) is 10.1. The van der Waals surface area contributed by atoms with Gasteiger partial charge in [0.25, 0.3) is 0 Å². The maximum atomic E-state index is 15.0. The molecule has 0 aliphatic rings. The van der Waals surface area contributed by atoms with Gasteiger partial charge in [0.2, 0.25) is 27.4 Å². The summed E-state index contributed by atoms with van der Waals surface area (Å²) in [6.07, 6.45) is 2.09. The Balaban J connectivity index is 1.68. The second-order valence-electron chi connectivity index (χ2n) is 8.27. The fourth-order valence-electron chi connectivity index (χ4n) is 3.58. The first-order valence-corrected chi connectivity index (χ1v) is 12.7. The number of hydrogen-bond donors (Lipinski definition) is 4. The van der Waals surface area contributed by atoms with E-state index in [1.54, 1.807) is 4.72 Å². The fraction of sp³-hybridized carbons (Fsp3) is 0.0833. The molecule has 200 valence electrons. The van der Waals surface area contributed by atoms with Crippen LogP contribution in [0.4, 0.5) is 14.5 Å². The molecule has 2 aromatic heterocycles. The number of sulfonamides is 1. The van der Waals surface area contributed by atoms with E-state index in [9.17, 15) is 36.4 Å². The largest absolute Gasteiger partial charge is 0.480 e. The second-order valence-corrected chi connectivity index (χ2v) is 10.0. The fourth-order valence-corrected chi connectivity index (χ4v) is 4.14.